The van der Waals surface area contributed by atoms with Crippen molar-refractivity contribution in [1.29, 1.82) is 0 Å². The van der Waals surface area contributed by atoms with Gasteiger partial charge in [0.05, 0.1) is 12.3 Å². The van der Waals surface area contributed by atoms with Crippen LogP contribution in [0.2, 0.25) is 0 Å². The highest BCUT2D eigenvalue weighted by Gasteiger charge is 2.31. The van der Waals surface area contributed by atoms with Gasteiger partial charge < -0.3 is 19.3 Å². The molecule has 0 saturated heterocycles. The van der Waals surface area contributed by atoms with Gasteiger partial charge in [0.2, 0.25) is 11.8 Å². The van der Waals surface area contributed by atoms with Gasteiger partial charge in [0.25, 0.3) is 6.43 Å². The Labute approximate surface area is 279 Å². The zero-order valence-electron chi connectivity index (χ0n) is 27.7. The Morgan fingerprint density at radius 1 is 1.04 bits per heavy atom. The monoisotopic (exact) mass is 651 g/mol. The van der Waals surface area contributed by atoms with Crippen LogP contribution >= 0.6 is 0 Å². The van der Waals surface area contributed by atoms with Gasteiger partial charge in [0.15, 0.2) is 0 Å². The average molecular weight is 652 g/mol. The number of ether oxygens (including phenoxy) is 2. The number of pyridine rings is 1. The van der Waals surface area contributed by atoms with E-state index in [2.05, 4.69) is 33.2 Å². The molecule has 248 valence electrons. The van der Waals surface area contributed by atoms with Gasteiger partial charge in [-0.15, -0.1) is 0 Å². The van der Waals surface area contributed by atoms with Gasteiger partial charge in [-0.2, -0.15) is 5.10 Å². The van der Waals surface area contributed by atoms with E-state index in [1.165, 1.54) is 0 Å². The lowest BCUT2D eigenvalue weighted by Crippen LogP contribution is -2.30. The molecule has 1 amide bonds. The minimum atomic E-state index is -2.69. The van der Waals surface area contributed by atoms with Gasteiger partial charge in [-0.25, -0.2) is 13.8 Å². The van der Waals surface area contributed by atoms with Crippen LogP contribution in [-0.4, -0.2) is 44.8 Å². The Morgan fingerprint density at radius 3 is 2.65 bits per heavy atom. The van der Waals surface area contributed by atoms with Crippen molar-refractivity contribution in [2.75, 3.05) is 18.6 Å². The Morgan fingerprint density at radius 2 is 1.90 bits per heavy atom. The first-order valence-corrected chi connectivity index (χ1v) is 16.3. The molecule has 8 nitrogen and oxygen atoms in total. The van der Waals surface area contributed by atoms with E-state index in [1.54, 1.807) is 44.2 Å². The van der Waals surface area contributed by atoms with Crippen LogP contribution < -0.4 is 9.64 Å². The maximum atomic E-state index is 14.9. The third kappa shape index (κ3) is 6.01. The fourth-order valence-corrected chi connectivity index (χ4v) is 7.10. The van der Waals surface area contributed by atoms with Crippen molar-refractivity contribution in [3.63, 3.8) is 0 Å². The number of hydrogen-bond acceptors (Lipinski definition) is 6. The van der Waals surface area contributed by atoms with Gasteiger partial charge in [0.1, 0.15) is 5.60 Å². The zero-order chi connectivity index (χ0) is 33.6. The second-order valence-electron chi connectivity index (χ2n) is 13.0. The molecule has 1 unspecified atom stereocenters. The number of carbonyl (C=O) groups excluding carboxylic acids is 1. The molecule has 3 aliphatic rings. The van der Waals surface area contributed by atoms with E-state index in [-0.39, 0.29) is 18.1 Å². The lowest BCUT2D eigenvalue weighted by atomic mass is 9.91. The number of amides is 1. The number of fused-ring (bicyclic) bond motifs is 2. The molecule has 2 aromatic carbocycles. The van der Waals surface area contributed by atoms with Gasteiger partial charge >= 0.3 is 0 Å². The third-order valence-corrected chi connectivity index (χ3v) is 9.47. The van der Waals surface area contributed by atoms with E-state index in [4.69, 9.17) is 9.47 Å². The van der Waals surface area contributed by atoms with Crippen LogP contribution in [0.1, 0.15) is 61.1 Å². The fraction of sp³-hybridized carbons (Fsp3) is 0.342. The number of carbonyl (C=O) groups is 1. The number of methoxy groups -OCH3 is 1. The summed E-state index contributed by atoms with van der Waals surface area (Å²) in [6, 6.07) is 11.7. The molecule has 10 heteroatoms. The zero-order valence-corrected chi connectivity index (χ0v) is 27.7. The van der Waals surface area contributed by atoms with Crippen molar-refractivity contribution in [1.82, 2.24) is 19.7 Å². The van der Waals surface area contributed by atoms with Crippen LogP contribution in [0.4, 0.5) is 20.2 Å². The predicted octanol–water partition coefficient (Wildman–Crippen LogP) is 7.83. The van der Waals surface area contributed by atoms with Crippen LogP contribution in [0.25, 0.3) is 22.3 Å². The number of aryl methyl sites for hydroxylation is 2. The largest absolute Gasteiger partial charge is 0.467 e. The molecular formula is C38H39F2N5O3. The summed E-state index contributed by atoms with van der Waals surface area (Å²) in [6.07, 6.45) is 11.3. The average Bonchev–Trinajstić information content (AvgIpc) is 3.67. The minimum absolute atomic E-state index is 0.00636. The summed E-state index contributed by atoms with van der Waals surface area (Å²) in [4.78, 5) is 21.1. The molecule has 2 aromatic heterocycles. The Bertz CT molecular complexity index is 1950. The van der Waals surface area contributed by atoms with Gasteiger partial charge in [-0.05, 0) is 84.0 Å². The Balaban J connectivity index is 1.33. The van der Waals surface area contributed by atoms with Gasteiger partial charge in [0, 0.05) is 93.7 Å². The van der Waals surface area contributed by atoms with Crippen molar-refractivity contribution in [2.45, 2.75) is 64.8 Å². The third-order valence-electron chi connectivity index (χ3n) is 9.47. The highest BCUT2D eigenvalue weighted by Crippen LogP contribution is 2.45. The van der Waals surface area contributed by atoms with Gasteiger partial charge in [-0.1, -0.05) is 18.2 Å². The summed E-state index contributed by atoms with van der Waals surface area (Å²) in [5, 5.41) is 4.48. The van der Waals surface area contributed by atoms with Crippen LogP contribution in [0, 0.1) is 0 Å². The highest BCUT2D eigenvalue weighted by molar-refractivity contribution is 5.83. The predicted molar refractivity (Wildman–Crippen MR) is 181 cm³/mol. The SMILES string of the molecule is COCc1nn(C)cc1-c1cc2c(cc1C(F)F)N(c1cc(-c3ccnc(OC4(C)C=CC=CC4)c3)cc3c1CN(C(C)=O)C3)CCC2. The molecule has 4 aromatic rings. The molecule has 0 fully saturated rings. The maximum Gasteiger partial charge on any atom is 0.264 e. The number of nitrogens with zero attached hydrogens (tertiary/aromatic N) is 5. The highest BCUT2D eigenvalue weighted by atomic mass is 19.3. The summed E-state index contributed by atoms with van der Waals surface area (Å²) >= 11 is 0. The number of hydrogen-bond donors (Lipinski definition) is 0. The molecule has 1 aliphatic carbocycles. The van der Waals surface area contributed by atoms with Crippen molar-refractivity contribution < 1.29 is 23.0 Å². The van der Waals surface area contributed by atoms with E-state index in [1.807, 2.05) is 48.3 Å². The number of alkyl halides is 2. The van der Waals surface area contributed by atoms with E-state index in [0.29, 0.717) is 42.3 Å². The Kier molecular flexibility index (Phi) is 8.37. The molecule has 0 spiro atoms. The number of benzene rings is 2. The van der Waals surface area contributed by atoms with E-state index >= 15 is 0 Å². The first-order chi connectivity index (χ1) is 23.1. The first-order valence-electron chi connectivity index (χ1n) is 16.3. The van der Waals surface area contributed by atoms with Crippen LogP contribution in [0.15, 0.2) is 73.1 Å². The summed E-state index contributed by atoms with van der Waals surface area (Å²) < 4.78 is 43.1. The van der Waals surface area contributed by atoms with Crippen molar-refractivity contribution in [3.8, 4) is 28.1 Å². The summed E-state index contributed by atoms with van der Waals surface area (Å²) in [7, 11) is 3.36. The number of anilines is 2. The molecule has 7 rings (SSSR count). The first kappa shape index (κ1) is 31.8. The van der Waals surface area contributed by atoms with Crippen LogP contribution in [0.3, 0.4) is 0 Å². The summed E-state index contributed by atoms with van der Waals surface area (Å²) in [5.41, 5.74) is 7.85. The molecule has 1 atom stereocenters. The number of rotatable bonds is 8. The molecule has 0 radical (unpaired) electrons. The number of allylic oxidation sites excluding steroid dienone is 2. The quantitative estimate of drug-likeness (QED) is 0.193. The molecule has 0 saturated carbocycles. The Hall–Kier alpha value is -4.83. The topological polar surface area (TPSA) is 72.7 Å². The van der Waals surface area contributed by atoms with Crippen molar-refractivity contribution >= 4 is 17.3 Å². The lowest BCUT2D eigenvalue weighted by Gasteiger charge is -2.34. The van der Waals surface area contributed by atoms with E-state index in [9.17, 15) is 13.6 Å². The molecule has 4 heterocycles. The van der Waals surface area contributed by atoms with E-state index in [0.717, 1.165) is 58.5 Å². The minimum Gasteiger partial charge on any atom is -0.467 e. The summed E-state index contributed by atoms with van der Waals surface area (Å²) in [5.74, 6) is 0.510. The number of halogens is 2. The molecular weight excluding hydrogens is 612 g/mol. The van der Waals surface area contributed by atoms with Crippen molar-refractivity contribution in [3.05, 3.63) is 101 Å². The molecule has 48 heavy (non-hydrogen) atoms. The smallest absolute Gasteiger partial charge is 0.264 e. The van der Waals surface area contributed by atoms with Crippen LogP contribution in [-0.2, 0) is 42.7 Å². The second-order valence-corrected chi connectivity index (χ2v) is 13.0. The maximum absolute atomic E-state index is 14.9. The second kappa shape index (κ2) is 12.6. The lowest BCUT2D eigenvalue weighted by molar-refractivity contribution is -0.129. The fourth-order valence-electron chi connectivity index (χ4n) is 7.10. The molecule has 2 aliphatic heterocycles. The van der Waals surface area contributed by atoms with Crippen LogP contribution in [0.5, 0.6) is 5.88 Å². The number of aromatic nitrogens is 3. The summed E-state index contributed by atoms with van der Waals surface area (Å²) in [6.45, 7) is 5.45. The molecule has 0 N–H and O–H groups in total. The standard InChI is InChI=1S/C38H39F2N5O3/c1-24(46)44-20-28-15-27(25-10-13-41-36(18-25)48-38(2)11-6-5-7-12-38)17-35(31(28)22-44)45-14-8-9-26-16-29(30(37(39)40)19-34(26)45)32-21-43(3)42-33(32)23-47-4/h5-7,10-11,13,15-19,21,37H,8-9,12,14,20,22-23H2,1-4H3. The normalized spacial score (nSPS) is 18.4. The van der Waals surface area contributed by atoms with Crippen molar-refractivity contribution in [2.24, 2.45) is 7.05 Å². The van der Waals surface area contributed by atoms with Gasteiger partial charge in [-0.3, -0.25) is 9.48 Å². The molecule has 0 bridgehead atoms. The van der Waals surface area contributed by atoms with E-state index < -0.39 is 12.0 Å².